The van der Waals surface area contributed by atoms with E-state index in [0.717, 1.165) is 11.3 Å². The smallest absolute Gasteiger partial charge is 0.308 e. The van der Waals surface area contributed by atoms with Crippen LogP contribution < -0.4 is 4.90 Å². The van der Waals surface area contributed by atoms with Crippen molar-refractivity contribution in [3.8, 4) is 12.3 Å². The molecule has 0 unspecified atom stereocenters. The molecule has 0 N–H and O–H groups in total. The first-order valence-corrected chi connectivity index (χ1v) is 7.80. The van der Waals surface area contributed by atoms with Crippen LogP contribution in [-0.4, -0.2) is 18.4 Å². The summed E-state index contributed by atoms with van der Waals surface area (Å²) in [5.41, 5.74) is 1.03. The number of terminal acetylenes is 1. The summed E-state index contributed by atoms with van der Waals surface area (Å²) in [7, 11) is 0. The van der Waals surface area contributed by atoms with Gasteiger partial charge in [0.05, 0.1) is 18.7 Å². The minimum atomic E-state index is -1.31. The molecule has 0 aromatic heterocycles. The topological polar surface area (TPSA) is 46.6 Å². The Bertz CT molecular complexity index is 868. The van der Waals surface area contributed by atoms with Gasteiger partial charge in [0.2, 0.25) is 5.60 Å². The SMILES string of the molecule is C#CCN1C(=O)[C@@]2(OC(=O)C[C@H]2c2ccccc2)c2ccccc21. The Kier molecular flexibility index (Phi) is 3.17. The highest BCUT2D eigenvalue weighted by Gasteiger charge is 2.62. The molecule has 4 rings (SSSR count). The van der Waals surface area contributed by atoms with Gasteiger partial charge in [-0.1, -0.05) is 54.5 Å². The molecule has 1 saturated heterocycles. The highest BCUT2D eigenvalue weighted by molar-refractivity contribution is 6.10. The van der Waals surface area contributed by atoms with Crippen LogP contribution in [0.2, 0.25) is 0 Å². The quantitative estimate of drug-likeness (QED) is 0.632. The van der Waals surface area contributed by atoms with Crippen molar-refractivity contribution in [2.24, 2.45) is 0 Å². The fourth-order valence-corrected chi connectivity index (χ4v) is 3.77. The van der Waals surface area contributed by atoms with Crippen LogP contribution in [0.25, 0.3) is 0 Å². The number of amides is 1. The van der Waals surface area contributed by atoms with Crippen molar-refractivity contribution in [2.45, 2.75) is 17.9 Å². The summed E-state index contributed by atoms with van der Waals surface area (Å²) in [6.45, 7) is 0.149. The average Bonchev–Trinajstić information content (AvgIpc) is 3.08. The molecule has 24 heavy (non-hydrogen) atoms. The number of hydrogen-bond donors (Lipinski definition) is 0. The van der Waals surface area contributed by atoms with Crippen LogP contribution in [0.4, 0.5) is 5.69 Å². The van der Waals surface area contributed by atoms with Gasteiger partial charge >= 0.3 is 5.97 Å². The second-order valence-corrected chi connectivity index (χ2v) is 5.99. The van der Waals surface area contributed by atoms with Gasteiger partial charge in [0.15, 0.2) is 0 Å². The number of carbonyl (C=O) groups is 2. The van der Waals surface area contributed by atoms with Crippen LogP contribution in [0.5, 0.6) is 0 Å². The summed E-state index contributed by atoms with van der Waals surface area (Å²) in [6, 6.07) is 16.9. The van der Waals surface area contributed by atoms with Crippen LogP contribution in [-0.2, 0) is 19.9 Å². The third kappa shape index (κ3) is 1.82. The highest BCUT2D eigenvalue weighted by atomic mass is 16.6. The van der Waals surface area contributed by atoms with Crippen LogP contribution in [0.15, 0.2) is 54.6 Å². The molecule has 2 aromatic carbocycles. The van der Waals surface area contributed by atoms with Crippen LogP contribution in [0, 0.1) is 12.3 Å². The van der Waals surface area contributed by atoms with E-state index in [1.165, 1.54) is 4.90 Å². The monoisotopic (exact) mass is 317 g/mol. The fourth-order valence-electron chi connectivity index (χ4n) is 3.77. The molecule has 2 atom stereocenters. The maximum absolute atomic E-state index is 13.3. The van der Waals surface area contributed by atoms with Crippen molar-refractivity contribution in [1.29, 1.82) is 0 Å². The van der Waals surface area contributed by atoms with Crippen molar-refractivity contribution >= 4 is 17.6 Å². The van der Waals surface area contributed by atoms with Crippen molar-refractivity contribution in [2.75, 3.05) is 11.4 Å². The van der Waals surface area contributed by atoms with E-state index in [4.69, 9.17) is 11.2 Å². The van der Waals surface area contributed by atoms with Crippen molar-refractivity contribution in [1.82, 2.24) is 0 Å². The largest absolute Gasteiger partial charge is 0.443 e. The molecule has 1 spiro atoms. The van der Waals surface area contributed by atoms with Crippen molar-refractivity contribution < 1.29 is 14.3 Å². The lowest BCUT2D eigenvalue weighted by atomic mass is 9.78. The van der Waals surface area contributed by atoms with Crippen molar-refractivity contribution in [3.05, 3.63) is 65.7 Å². The lowest BCUT2D eigenvalue weighted by molar-refractivity contribution is -0.157. The molecule has 0 radical (unpaired) electrons. The van der Waals surface area contributed by atoms with Crippen LogP contribution >= 0.6 is 0 Å². The normalized spacial score (nSPS) is 24.8. The molecule has 2 heterocycles. The second kappa shape index (κ2) is 5.24. The van der Waals surface area contributed by atoms with Gasteiger partial charge in [-0.3, -0.25) is 14.5 Å². The van der Waals surface area contributed by atoms with Gasteiger partial charge in [-0.2, -0.15) is 0 Å². The summed E-state index contributed by atoms with van der Waals surface area (Å²) in [4.78, 5) is 27.0. The van der Waals surface area contributed by atoms with E-state index in [-0.39, 0.29) is 30.8 Å². The Morgan fingerprint density at radius 1 is 1.12 bits per heavy atom. The number of para-hydroxylation sites is 1. The number of rotatable bonds is 2. The predicted octanol–water partition coefficient (Wildman–Crippen LogP) is 2.59. The summed E-state index contributed by atoms with van der Waals surface area (Å²) < 4.78 is 5.69. The van der Waals surface area contributed by atoms with Crippen LogP contribution in [0.1, 0.15) is 23.5 Å². The van der Waals surface area contributed by atoms with Gasteiger partial charge in [0, 0.05) is 11.5 Å². The molecule has 4 heteroatoms. The number of benzene rings is 2. The molecule has 0 bridgehead atoms. The zero-order valence-electron chi connectivity index (χ0n) is 12.9. The Labute approximate surface area is 140 Å². The first kappa shape index (κ1) is 14.5. The molecular formula is C20H15NO3. The number of esters is 1. The number of nitrogens with zero attached hydrogens (tertiary/aromatic N) is 1. The zero-order chi connectivity index (χ0) is 16.7. The maximum Gasteiger partial charge on any atom is 0.308 e. The average molecular weight is 317 g/mol. The van der Waals surface area contributed by atoms with Gasteiger partial charge in [0.25, 0.3) is 5.91 Å². The number of anilines is 1. The summed E-state index contributed by atoms with van der Waals surface area (Å²) >= 11 is 0. The summed E-state index contributed by atoms with van der Waals surface area (Å²) in [6.07, 6.45) is 5.61. The molecule has 2 aliphatic rings. The lowest BCUT2D eigenvalue weighted by Gasteiger charge is -2.28. The third-order valence-electron chi connectivity index (χ3n) is 4.75. The van der Waals surface area contributed by atoms with Gasteiger partial charge in [-0.05, 0) is 11.6 Å². The van der Waals surface area contributed by atoms with E-state index in [0.29, 0.717) is 5.56 Å². The molecule has 118 valence electrons. The molecular weight excluding hydrogens is 302 g/mol. The minimum Gasteiger partial charge on any atom is -0.443 e. The predicted molar refractivity (Wildman–Crippen MR) is 89.2 cm³/mol. The number of hydrogen-bond acceptors (Lipinski definition) is 3. The molecule has 0 saturated carbocycles. The maximum atomic E-state index is 13.3. The first-order valence-electron chi connectivity index (χ1n) is 7.80. The summed E-state index contributed by atoms with van der Waals surface area (Å²) in [5.74, 6) is 1.53. The van der Waals surface area contributed by atoms with Gasteiger partial charge in [-0.15, -0.1) is 6.42 Å². The van der Waals surface area contributed by atoms with Gasteiger partial charge in [-0.25, -0.2) is 0 Å². The summed E-state index contributed by atoms with van der Waals surface area (Å²) in [5, 5.41) is 0. The van der Waals surface area contributed by atoms with Gasteiger partial charge < -0.3 is 4.74 Å². The van der Waals surface area contributed by atoms with E-state index in [1.54, 1.807) is 0 Å². The fraction of sp³-hybridized carbons (Fsp3) is 0.200. The third-order valence-corrected chi connectivity index (χ3v) is 4.75. The standard InChI is InChI=1S/C20H15NO3/c1-2-12-21-17-11-7-6-10-15(17)20(19(21)23)16(13-18(22)24-20)14-8-4-3-5-9-14/h1,3-11,16H,12-13H2/t16-,20+/m0/s1. The number of ether oxygens (including phenoxy) is 1. The second-order valence-electron chi connectivity index (χ2n) is 5.99. The molecule has 4 nitrogen and oxygen atoms in total. The molecule has 2 aliphatic heterocycles. The molecule has 1 fully saturated rings. The zero-order valence-corrected chi connectivity index (χ0v) is 12.9. The van der Waals surface area contributed by atoms with Crippen molar-refractivity contribution in [3.63, 3.8) is 0 Å². The molecule has 0 aliphatic carbocycles. The van der Waals surface area contributed by atoms with E-state index < -0.39 is 5.60 Å². The lowest BCUT2D eigenvalue weighted by Crippen LogP contribution is -2.43. The first-order chi connectivity index (χ1) is 11.7. The highest BCUT2D eigenvalue weighted by Crippen LogP contribution is 2.55. The molecule has 2 aromatic rings. The van der Waals surface area contributed by atoms with E-state index in [2.05, 4.69) is 5.92 Å². The van der Waals surface area contributed by atoms with Crippen LogP contribution in [0.3, 0.4) is 0 Å². The Morgan fingerprint density at radius 2 is 1.83 bits per heavy atom. The minimum absolute atomic E-state index is 0.149. The Hall–Kier alpha value is -3.06. The van der Waals surface area contributed by atoms with E-state index in [1.807, 2.05) is 54.6 Å². The Morgan fingerprint density at radius 3 is 2.58 bits per heavy atom. The van der Waals surface area contributed by atoms with Gasteiger partial charge in [0.1, 0.15) is 0 Å². The number of carbonyl (C=O) groups excluding carboxylic acids is 2. The Balaban J connectivity index is 1.93. The van der Waals surface area contributed by atoms with E-state index >= 15 is 0 Å². The molecule has 1 amide bonds. The van der Waals surface area contributed by atoms with E-state index in [9.17, 15) is 9.59 Å². The number of fused-ring (bicyclic) bond motifs is 2.